The third-order valence-electron chi connectivity index (χ3n) is 7.14. The number of amides is 2. The molecule has 0 radical (unpaired) electrons. The predicted molar refractivity (Wildman–Crippen MR) is 162 cm³/mol. The third-order valence-corrected chi connectivity index (χ3v) is 7.14. The lowest BCUT2D eigenvalue weighted by atomic mass is 10.0. The van der Waals surface area contributed by atoms with Crippen LogP contribution in [0, 0.1) is 5.82 Å². The smallest absolute Gasteiger partial charge is 0.324 e. The summed E-state index contributed by atoms with van der Waals surface area (Å²) < 4.78 is 23.9. The van der Waals surface area contributed by atoms with Crippen molar-refractivity contribution in [3.8, 4) is 22.4 Å². The molecule has 0 aliphatic rings. The molecule has 2 amide bonds. The molecule has 0 bridgehead atoms. The zero-order chi connectivity index (χ0) is 30.6. The van der Waals surface area contributed by atoms with Crippen LogP contribution in [0.5, 0.6) is 0 Å². The van der Waals surface area contributed by atoms with E-state index in [1.54, 1.807) is 55.6 Å². The number of primary amides is 1. The van der Waals surface area contributed by atoms with Gasteiger partial charge >= 0.3 is 6.03 Å². The minimum atomic E-state index is -0.934. The van der Waals surface area contributed by atoms with Gasteiger partial charge in [0.15, 0.2) is 5.58 Å². The number of hydrogen-bond acceptors (Lipinski definition) is 8. The highest BCUT2D eigenvalue weighted by molar-refractivity contribution is 6.03. The number of aromatic nitrogens is 6. The summed E-state index contributed by atoms with van der Waals surface area (Å²) in [7, 11) is 3.28. The van der Waals surface area contributed by atoms with Gasteiger partial charge in [-0.05, 0) is 62.7 Å². The second-order valence-electron chi connectivity index (χ2n) is 11.0. The Balaban J connectivity index is 1.55. The van der Waals surface area contributed by atoms with Crippen molar-refractivity contribution in [3.05, 3.63) is 77.2 Å². The fourth-order valence-electron chi connectivity index (χ4n) is 4.89. The van der Waals surface area contributed by atoms with Gasteiger partial charge in [-0.3, -0.25) is 18.9 Å². The molecule has 3 N–H and O–H groups in total. The van der Waals surface area contributed by atoms with Crippen molar-refractivity contribution in [2.45, 2.75) is 26.3 Å². The first kappa shape index (κ1) is 27.6. The van der Waals surface area contributed by atoms with E-state index >= 15 is 4.39 Å². The normalized spacial score (nSPS) is 11.8. The summed E-state index contributed by atoms with van der Waals surface area (Å²) >= 11 is 0. The second kappa shape index (κ2) is 10.0. The van der Waals surface area contributed by atoms with Gasteiger partial charge in [0.1, 0.15) is 17.2 Å². The lowest BCUT2D eigenvalue weighted by Crippen LogP contribution is -2.32. The number of nitrogens with zero attached hydrogens (tertiary/aromatic N) is 7. The van der Waals surface area contributed by atoms with Crippen LogP contribution in [-0.4, -0.2) is 42.6 Å². The van der Waals surface area contributed by atoms with Crippen LogP contribution < -0.4 is 21.5 Å². The minimum absolute atomic E-state index is 0.144. The van der Waals surface area contributed by atoms with E-state index < -0.39 is 17.4 Å². The molecule has 0 aliphatic heterocycles. The van der Waals surface area contributed by atoms with E-state index in [1.165, 1.54) is 22.8 Å². The molecule has 6 aromatic rings. The number of fused-ring (bicyclic) bond motifs is 2. The van der Waals surface area contributed by atoms with Crippen molar-refractivity contribution < 1.29 is 13.7 Å². The van der Waals surface area contributed by atoms with E-state index in [2.05, 4.69) is 20.4 Å². The van der Waals surface area contributed by atoms with E-state index in [4.69, 9.17) is 15.4 Å². The molecule has 13 heteroatoms. The maximum absolute atomic E-state index is 15.6. The van der Waals surface area contributed by atoms with E-state index in [0.717, 1.165) is 10.3 Å². The van der Waals surface area contributed by atoms with Gasteiger partial charge in [-0.15, -0.1) is 0 Å². The van der Waals surface area contributed by atoms with Gasteiger partial charge < -0.3 is 15.6 Å². The molecule has 0 saturated heterocycles. The number of rotatable bonds is 5. The number of urea groups is 1. The van der Waals surface area contributed by atoms with Crippen LogP contribution in [0.25, 0.3) is 44.4 Å². The third kappa shape index (κ3) is 4.74. The van der Waals surface area contributed by atoms with E-state index in [1.807, 2.05) is 26.8 Å². The molecule has 218 valence electrons. The number of nitrogens with one attached hydrogen (secondary N) is 1. The summed E-state index contributed by atoms with van der Waals surface area (Å²) in [6.45, 7) is 5.85. The first-order valence-corrected chi connectivity index (χ1v) is 13.3. The number of carbonyl (C=O) groups is 1. The van der Waals surface area contributed by atoms with Crippen LogP contribution in [0.1, 0.15) is 20.8 Å². The van der Waals surface area contributed by atoms with Gasteiger partial charge in [0, 0.05) is 42.2 Å². The highest BCUT2D eigenvalue weighted by Gasteiger charge is 2.28. The molecule has 0 atom stereocenters. The summed E-state index contributed by atoms with van der Waals surface area (Å²) in [4.78, 5) is 36.2. The fourth-order valence-corrected chi connectivity index (χ4v) is 4.89. The largest absolute Gasteiger partial charge is 0.357 e. The van der Waals surface area contributed by atoms with Gasteiger partial charge in [-0.1, -0.05) is 11.2 Å². The Labute approximate surface area is 244 Å². The summed E-state index contributed by atoms with van der Waals surface area (Å²) in [5.74, 6) is -0.350. The molecule has 4 aromatic heterocycles. The highest BCUT2D eigenvalue weighted by Crippen LogP contribution is 2.39. The van der Waals surface area contributed by atoms with E-state index in [0.29, 0.717) is 39.4 Å². The molecular weight excluding hydrogens is 553 g/mol. The lowest BCUT2D eigenvalue weighted by molar-refractivity contribution is 0.256. The Kier molecular flexibility index (Phi) is 6.44. The molecule has 4 heterocycles. The van der Waals surface area contributed by atoms with Gasteiger partial charge in [0.25, 0.3) is 5.56 Å². The molecule has 0 aliphatic carbocycles. The Bertz CT molecular complexity index is 2110. The van der Waals surface area contributed by atoms with Crippen molar-refractivity contribution in [1.29, 1.82) is 0 Å². The summed E-state index contributed by atoms with van der Waals surface area (Å²) in [6, 6.07) is 10.1. The fraction of sp³-hybridized carbons (Fsp3) is 0.200. The molecule has 0 spiro atoms. The van der Waals surface area contributed by atoms with Gasteiger partial charge in [-0.2, -0.15) is 10.1 Å². The average Bonchev–Trinajstić information content (AvgIpc) is 3.63. The molecule has 43 heavy (non-hydrogen) atoms. The lowest BCUT2D eigenvalue weighted by Gasteiger charge is -2.22. The number of carbonyl (C=O) groups excluding carboxylic acids is 1. The zero-order valence-electron chi connectivity index (χ0n) is 24.1. The summed E-state index contributed by atoms with van der Waals surface area (Å²) in [5, 5.41) is 12.8. The van der Waals surface area contributed by atoms with Crippen molar-refractivity contribution >= 4 is 45.4 Å². The number of nitrogens with two attached hydrogens (primary N) is 1. The Morgan fingerprint density at radius 2 is 1.81 bits per heavy atom. The van der Waals surface area contributed by atoms with Crippen LogP contribution in [0.15, 0.2) is 70.4 Å². The second-order valence-corrected chi connectivity index (χ2v) is 11.0. The number of halogens is 1. The Morgan fingerprint density at radius 3 is 2.53 bits per heavy atom. The molecular formula is C30H28FN9O3. The zero-order valence-corrected chi connectivity index (χ0v) is 24.1. The van der Waals surface area contributed by atoms with Gasteiger partial charge in [0.05, 0.1) is 29.3 Å². The van der Waals surface area contributed by atoms with Crippen molar-refractivity contribution in [1.82, 2.24) is 29.5 Å². The minimum Gasteiger partial charge on any atom is -0.357 e. The van der Waals surface area contributed by atoms with Crippen molar-refractivity contribution in [2.24, 2.45) is 12.8 Å². The molecule has 0 fully saturated rings. The maximum atomic E-state index is 15.6. The van der Waals surface area contributed by atoms with Crippen molar-refractivity contribution in [3.63, 3.8) is 0 Å². The Morgan fingerprint density at radius 1 is 1.05 bits per heavy atom. The van der Waals surface area contributed by atoms with Crippen LogP contribution in [0.3, 0.4) is 0 Å². The Hall–Kier alpha value is -5.59. The predicted octanol–water partition coefficient (Wildman–Crippen LogP) is 5.15. The van der Waals surface area contributed by atoms with Crippen molar-refractivity contribution in [2.75, 3.05) is 17.3 Å². The van der Waals surface area contributed by atoms with Crippen LogP contribution >= 0.6 is 0 Å². The van der Waals surface area contributed by atoms with E-state index in [9.17, 15) is 9.59 Å². The van der Waals surface area contributed by atoms with Crippen LogP contribution in [-0.2, 0) is 12.6 Å². The first-order chi connectivity index (χ1) is 20.5. The average molecular weight is 582 g/mol. The molecule has 6 rings (SSSR count). The SMILES string of the molecule is CNc1ncc2cc(-c3ccc(F)c(N(C(N)=O)c4cn(C(C)(C)C)nc4-c4ccc5oncc5c4)c3)c(=O)n(C)c2n1. The monoisotopic (exact) mass is 581 g/mol. The van der Waals surface area contributed by atoms with E-state index in [-0.39, 0.29) is 22.5 Å². The standard InChI is InChI=1S/C30H28FN9O3/c1-30(2,3)39-15-23(25(37-39)17-7-9-24-18(10-17)14-35-43-24)40(28(32)42)22-12-16(6-8-21(22)31)20-11-19-13-34-29(33-4)36-26(19)38(5)27(20)41/h6-15H,1-5H3,(H2,32,42)(H,33,34,36). The topological polar surface area (TPSA) is 150 Å². The maximum Gasteiger partial charge on any atom is 0.324 e. The number of aryl methyl sites for hydroxylation is 1. The number of anilines is 3. The quantitative estimate of drug-likeness (QED) is 0.284. The summed E-state index contributed by atoms with van der Waals surface area (Å²) in [5.41, 5.74) is 7.87. The molecule has 0 saturated carbocycles. The number of hydrogen-bond donors (Lipinski definition) is 2. The molecule has 12 nitrogen and oxygen atoms in total. The van der Waals surface area contributed by atoms with Gasteiger partial charge in [0.2, 0.25) is 5.95 Å². The number of pyridine rings is 1. The van der Waals surface area contributed by atoms with Crippen LogP contribution in [0.4, 0.5) is 26.5 Å². The molecule has 0 unspecified atom stereocenters. The van der Waals surface area contributed by atoms with Crippen LogP contribution in [0.2, 0.25) is 0 Å². The number of benzene rings is 2. The summed E-state index contributed by atoms with van der Waals surface area (Å²) in [6.07, 6.45) is 4.81. The van der Waals surface area contributed by atoms with Gasteiger partial charge in [-0.25, -0.2) is 14.2 Å². The highest BCUT2D eigenvalue weighted by atomic mass is 19.1. The first-order valence-electron chi connectivity index (χ1n) is 13.3. The molecule has 2 aromatic carbocycles.